The molecule has 3 rings (SSSR count). The molecule has 0 aliphatic carbocycles. The van der Waals surface area contributed by atoms with Crippen LogP contribution in [0.15, 0.2) is 36.4 Å². The van der Waals surface area contributed by atoms with E-state index in [0.717, 1.165) is 24.7 Å². The monoisotopic (exact) mass is 420 g/mol. The van der Waals surface area contributed by atoms with Gasteiger partial charge in [0.2, 0.25) is 0 Å². The number of carbonyl (C=O) groups excluding carboxylic acids is 1. The van der Waals surface area contributed by atoms with E-state index >= 15 is 0 Å². The van der Waals surface area contributed by atoms with Crippen LogP contribution in [0.3, 0.4) is 0 Å². The number of amides is 1. The highest BCUT2D eigenvalue weighted by Gasteiger charge is 2.35. The second kappa shape index (κ2) is 7.95. The number of rotatable bonds is 4. The standard InChI is InChI=1S/C23H27F3N2O2/c1-14(2)30-20-9-6-15(11-19(20)23(24,25)26)21(29)27-17-7-8-18-16(10-17)12-28(5)13-22(18,3)4/h6-11,14H,12-13H2,1-5H3,(H,27,29). The Morgan fingerprint density at radius 2 is 1.87 bits per heavy atom. The Labute approximate surface area is 175 Å². The van der Waals surface area contributed by atoms with Gasteiger partial charge in [-0.1, -0.05) is 19.9 Å². The van der Waals surface area contributed by atoms with Crippen molar-refractivity contribution in [1.82, 2.24) is 4.90 Å². The van der Waals surface area contributed by atoms with Crippen molar-refractivity contribution in [3.63, 3.8) is 0 Å². The van der Waals surface area contributed by atoms with Gasteiger partial charge in [-0.25, -0.2) is 0 Å². The molecule has 30 heavy (non-hydrogen) atoms. The van der Waals surface area contributed by atoms with Crippen LogP contribution in [-0.2, 0) is 18.1 Å². The molecule has 1 heterocycles. The minimum Gasteiger partial charge on any atom is -0.490 e. The molecule has 0 fully saturated rings. The van der Waals surface area contributed by atoms with E-state index in [2.05, 4.69) is 24.1 Å². The number of hydrogen-bond donors (Lipinski definition) is 1. The second-order valence-corrected chi connectivity index (χ2v) is 8.76. The molecule has 0 bridgehead atoms. The number of benzene rings is 2. The van der Waals surface area contributed by atoms with Gasteiger partial charge in [0.15, 0.2) is 0 Å². The van der Waals surface area contributed by atoms with Crippen LogP contribution in [0.25, 0.3) is 0 Å². The third kappa shape index (κ3) is 4.78. The summed E-state index contributed by atoms with van der Waals surface area (Å²) in [6, 6.07) is 9.05. The van der Waals surface area contributed by atoms with Crippen LogP contribution in [0.5, 0.6) is 5.75 Å². The zero-order chi connectivity index (χ0) is 22.3. The number of likely N-dealkylation sites (N-methyl/N-ethyl adjacent to an activating group) is 1. The van der Waals surface area contributed by atoms with Gasteiger partial charge in [-0.3, -0.25) is 4.79 Å². The topological polar surface area (TPSA) is 41.6 Å². The zero-order valence-corrected chi connectivity index (χ0v) is 17.9. The SMILES string of the molecule is CC(C)Oc1ccc(C(=O)Nc2ccc3c(c2)CN(C)CC3(C)C)cc1C(F)(F)F. The maximum absolute atomic E-state index is 13.5. The van der Waals surface area contributed by atoms with Crippen molar-refractivity contribution in [2.75, 3.05) is 18.9 Å². The average molecular weight is 420 g/mol. The Morgan fingerprint density at radius 3 is 2.50 bits per heavy atom. The molecule has 0 unspecified atom stereocenters. The fraction of sp³-hybridized carbons (Fsp3) is 0.435. The van der Waals surface area contributed by atoms with Crippen LogP contribution in [0.1, 0.15) is 54.7 Å². The molecule has 0 radical (unpaired) electrons. The summed E-state index contributed by atoms with van der Waals surface area (Å²) < 4.78 is 45.6. The number of hydrogen-bond acceptors (Lipinski definition) is 3. The largest absolute Gasteiger partial charge is 0.490 e. The van der Waals surface area contributed by atoms with Crippen LogP contribution >= 0.6 is 0 Å². The molecule has 162 valence electrons. The van der Waals surface area contributed by atoms with E-state index in [-0.39, 0.29) is 16.7 Å². The smallest absolute Gasteiger partial charge is 0.419 e. The van der Waals surface area contributed by atoms with Gasteiger partial charge >= 0.3 is 6.18 Å². The van der Waals surface area contributed by atoms with Crippen LogP contribution in [-0.4, -0.2) is 30.5 Å². The number of alkyl halides is 3. The molecule has 1 N–H and O–H groups in total. The summed E-state index contributed by atoms with van der Waals surface area (Å²) in [5.74, 6) is -0.881. The minimum atomic E-state index is -4.62. The predicted molar refractivity (Wildman–Crippen MR) is 111 cm³/mol. The molecule has 0 atom stereocenters. The van der Waals surface area contributed by atoms with Crippen LogP contribution in [0.2, 0.25) is 0 Å². The molecule has 0 saturated carbocycles. The summed E-state index contributed by atoms with van der Waals surface area (Å²) in [5.41, 5.74) is 1.82. The minimum absolute atomic E-state index is 0.0152. The number of ether oxygens (including phenoxy) is 1. The summed E-state index contributed by atoms with van der Waals surface area (Å²) in [6.07, 6.45) is -5.04. The van der Waals surface area contributed by atoms with Gasteiger partial charge in [-0.15, -0.1) is 0 Å². The number of halogens is 3. The van der Waals surface area contributed by atoms with Crippen LogP contribution in [0, 0.1) is 0 Å². The third-order valence-electron chi connectivity index (χ3n) is 5.11. The van der Waals surface area contributed by atoms with E-state index in [0.29, 0.717) is 5.69 Å². The first-order chi connectivity index (χ1) is 13.9. The Bertz CT molecular complexity index is 952. The summed E-state index contributed by atoms with van der Waals surface area (Å²) in [6.45, 7) is 9.31. The zero-order valence-electron chi connectivity index (χ0n) is 17.9. The van der Waals surface area contributed by atoms with Gasteiger partial charge in [0.05, 0.1) is 11.7 Å². The lowest BCUT2D eigenvalue weighted by Gasteiger charge is -2.38. The van der Waals surface area contributed by atoms with Gasteiger partial charge in [0, 0.05) is 29.8 Å². The summed E-state index contributed by atoms with van der Waals surface area (Å²) >= 11 is 0. The Hall–Kier alpha value is -2.54. The van der Waals surface area contributed by atoms with Gasteiger partial charge < -0.3 is 15.0 Å². The van der Waals surface area contributed by atoms with Gasteiger partial charge in [0.25, 0.3) is 5.91 Å². The van der Waals surface area contributed by atoms with E-state index in [4.69, 9.17) is 4.74 Å². The molecule has 0 saturated heterocycles. The van der Waals surface area contributed by atoms with E-state index in [1.54, 1.807) is 19.9 Å². The van der Waals surface area contributed by atoms with Crippen molar-refractivity contribution in [1.29, 1.82) is 0 Å². The van der Waals surface area contributed by atoms with E-state index in [1.165, 1.54) is 17.7 Å². The molecule has 4 nitrogen and oxygen atoms in total. The molecule has 2 aromatic carbocycles. The molecule has 1 aliphatic rings. The number of fused-ring (bicyclic) bond motifs is 1. The molecule has 0 aromatic heterocycles. The van der Waals surface area contributed by atoms with Crippen LogP contribution in [0.4, 0.5) is 18.9 Å². The average Bonchev–Trinajstić information content (AvgIpc) is 2.59. The second-order valence-electron chi connectivity index (χ2n) is 8.76. The van der Waals surface area contributed by atoms with Crippen molar-refractivity contribution in [3.8, 4) is 5.75 Å². The number of anilines is 1. The lowest BCUT2D eigenvalue weighted by atomic mass is 9.78. The maximum Gasteiger partial charge on any atom is 0.419 e. The van der Waals surface area contributed by atoms with Crippen molar-refractivity contribution < 1.29 is 22.7 Å². The molecule has 7 heteroatoms. The lowest BCUT2D eigenvalue weighted by molar-refractivity contribution is -0.139. The highest BCUT2D eigenvalue weighted by molar-refractivity contribution is 6.04. The number of nitrogens with one attached hydrogen (secondary N) is 1. The molecular weight excluding hydrogens is 393 g/mol. The quantitative estimate of drug-likeness (QED) is 0.713. The lowest BCUT2D eigenvalue weighted by Crippen LogP contribution is -2.39. The normalized spacial score (nSPS) is 16.3. The number of carbonyl (C=O) groups is 1. The van der Waals surface area contributed by atoms with Gasteiger partial charge in [0.1, 0.15) is 5.75 Å². The molecule has 2 aromatic rings. The van der Waals surface area contributed by atoms with Crippen LogP contribution < -0.4 is 10.1 Å². The summed E-state index contributed by atoms with van der Waals surface area (Å²) in [4.78, 5) is 14.9. The first kappa shape index (κ1) is 22.2. The summed E-state index contributed by atoms with van der Waals surface area (Å²) in [5, 5.41) is 2.72. The first-order valence-corrected chi connectivity index (χ1v) is 9.88. The van der Waals surface area contributed by atoms with Crippen molar-refractivity contribution >= 4 is 11.6 Å². The van der Waals surface area contributed by atoms with Crippen molar-refractivity contribution in [3.05, 3.63) is 58.7 Å². The van der Waals surface area contributed by atoms with Crippen molar-refractivity contribution in [2.45, 2.75) is 51.9 Å². The predicted octanol–water partition coefficient (Wildman–Crippen LogP) is 5.47. The molecule has 0 spiro atoms. The maximum atomic E-state index is 13.5. The Morgan fingerprint density at radius 1 is 1.17 bits per heavy atom. The van der Waals surface area contributed by atoms with Crippen molar-refractivity contribution in [2.24, 2.45) is 0 Å². The molecular formula is C23H27F3N2O2. The third-order valence-corrected chi connectivity index (χ3v) is 5.11. The molecule has 1 aliphatic heterocycles. The first-order valence-electron chi connectivity index (χ1n) is 9.88. The highest BCUT2D eigenvalue weighted by atomic mass is 19.4. The Kier molecular flexibility index (Phi) is 5.87. The van der Waals surface area contributed by atoms with E-state index < -0.39 is 23.8 Å². The fourth-order valence-electron chi connectivity index (χ4n) is 4.02. The van der Waals surface area contributed by atoms with Gasteiger partial charge in [-0.05, 0) is 62.4 Å². The number of nitrogens with zero attached hydrogens (tertiary/aromatic N) is 1. The van der Waals surface area contributed by atoms with E-state index in [1.807, 2.05) is 19.2 Å². The van der Waals surface area contributed by atoms with E-state index in [9.17, 15) is 18.0 Å². The highest BCUT2D eigenvalue weighted by Crippen LogP contribution is 2.38. The van der Waals surface area contributed by atoms with Gasteiger partial charge in [-0.2, -0.15) is 13.2 Å². The Balaban J connectivity index is 1.87. The fourth-order valence-corrected chi connectivity index (χ4v) is 4.02. The molecule has 1 amide bonds. The summed E-state index contributed by atoms with van der Waals surface area (Å²) in [7, 11) is 2.04.